The van der Waals surface area contributed by atoms with Crippen molar-refractivity contribution in [2.24, 2.45) is 5.10 Å². The summed E-state index contributed by atoms with van der Waals surface area (Å²) in [6, 6.07) is 20.0. The van der Waals surface area contributed by atoms with Crippen molar-refractivity contribution in [3.8, 4) is 5.75 Å². The fourth-order valence-electron chi connectivity index (χ4n) is 2.66. The summed E-state index contributed by atoms with van der Waals surface area (Å²) in [5.41, 5.74) is 6.61. The number of benzene rings is 3. The number of carbonyl (C=O) groups is 2. The van der Waals surface area contributed by atoms with Crippen molar-refractivity contribution >= 4 is 35.3 Å². The molecule has 3 aromatic rings. The van der Waals surface area contributed by atoms with Crippen LogP contribution in [0.15, 0.2) is 71.8 Å². The minimum Gasteiger partial charge on any atom is -0.489 e. The molecule has 3 aromatic carbocycles. The number of amides is 2. The van der Waals surface area contributed by atoms with Crippen molar-refractivity contribution in [3.05, 3.63) is 94.0 Å². The Kier molecular flexibility index (Phi) is 7.40. The van der Waals surface area contributed by atoms with Gasteiger partial charge in [0.15, 0.2) is 0 Å². The number of rotatable bonds is 6. The first-order chi connectivity index (χ1) is 14.9. The summed E-state index contributed by atoms with van der Waals surface area (Å²) < 4.78 is 5.77. The van der Waals surface area contributed by atoms with Gasteiger partial charge in [0.1, 0.15) is 12.4 Å². The third kappa shape index (κ3) is 6.69. The number of ether oxygens (including phenoxy) is 1. The number of aryl methyl sites for hydroxylation is 2. The van der Waals surface area contributed by atoms with E-state index < -0.39 is 11.8 Å². The lowest BCUT2D eigenvalue weighted by Gasteiger charge is -2.07. The van der Waals surface area contributed by atoms with E-state index in [1.54, 1.807) is 24.3 Å². The van der Waals surface area contributed by atoms with Crippen LogP contribution >= 0.6 is 11.6 Å². The molecule has 158 valence electrons. The van der Waals surface area contributed by atoms with Gasteiger partial charge in [-0.25, -0.2) is 5.43 Å². The molecule has 3 rings (SSSR count). The monoisotopic (exact) mass is 435 g/mol. The van der Waals surface area contributed by atoms with E-state index in [1.165, 1.54) is 6.21 Å². The van der Waals surface area contributed by atoms with Gasteiger partial charge in [-0.3, -0.25) is 9.59 Å². The molecule has 0 saturated carbocycles. The van der Waals surface area contributed by atoms with Crippen molar-refractivity contribution in [1.82, 2.24) is 5.43 Å². The highest BCUT2D eigenvalue weighted by Crippen LogP contribution is 2.16. The van der Waals surface area contributed by atoms with Crippen LogP contribution in [0.25, 0.3) is 0 Å². The number of hydrazone groups is 1. The summed E-state index contributed by atoms with van der Waals surface area (Å²) in [4.78, 5) is 24.0. The Morgan fingerprint density at radius 3 is 2.48 bits per heavy atom. The number of hydrogen-bond acceptors (Lipinski definition) is 4. The van der Waals surface area contributed by atoms with E-state index in [-0.39, 0.29) is 0 Å². The van der Waals surface area contributed by atoms with Gasteiger partial charge in [0.25, 0.3) is 0 Å². The number of anilines is 1. The maximum Gasteiger partial charge on any atom is 0.329 e. The third-order valence-electron chi connectivity index (χ3n) is 4.53. The molecule has 0 aliphatic heterocycles. The van der Waals surface area contributed by atoms with E-state index in [2.05, 4.69) is 15.8 Å². The standard InChI is InChI=1S/C24H22ClN3O3/c1-16-6-11-21(12-17(16)2)27-23(29)24(30)28-26-14-19-4-3-5-22(13-19)31-15-18-7-9-20(25)10-8-18/h3-14H,15H2,1-2H3,(H,27,29)(H,28,30)/b26-14-. The second kappa shape index (κ2) is 10.4. The van der Waals surface area contributed by atoms with E-state index in [0.717, 1.165) is 16.7 Å². The smallest absolute Gasteiger partial charge is 0.329 e. The van der Waals surface area contributed by atoms with Crippen LogP contribution in [0.5, 0.6) is 5.75 Å². The average molecular weight is 436 g/mol. The van der Waals surface area contributed by atoms with E-state index >= 15 is 0 Å². The van der Waals surface area contributed by atoms with Crippen LogP contribution in [-0.2, 0) is 16.2 Å². The molecule has 0 spiro atoms. The molecule has 0 fully saturated rings. The molecule has 0 aliphatic rings. The number of carbonyl (C=O) groups excluding carboxylic acids is 2. The van der Waals surface area contributed by atoms with Crippen LogP contribution in [0.4, 0.5) is 5.69 Å². The highest BCUT2D eigenvalue weighted by atomic mass is 35.5. The van der Waals surface area contributed by atoms with Crippen molar-refractivity contribution in [3.63, 3.8) is 0 Å². The van der Waals surface area contributed by atoms with Crippen LogP contribution in [-0.4, -0.2) is 18.0 Å². The number of nitrogens with zero attached hydrogens (tertiary/aromatic N) is 1. The summed E-state index contributed by atoms with van der Waals surface area (Å²) >= 11 is 5.88. The van der Waals surface area contributed by atoms with Gasteiger partial charge >= 0.3 is 11.8 Å². The van der Waals surface area contributed by atoms with Gasteiger partial charge in [0, 0.05) is 10.7 Å². The average Bonchev–Trinajstić information content (AvgIpc) is 2.76. The van der Waals surface area contributed by atoms with Gasteiger partial charge in [-0.05, 0) is 72.5 Å². The summed E-state index contributed by atoms with van der Waals surface area (Å²) in [6.45, 7) is 4.30. The lowest BCUT2D eigenvalue weighted by atomic mass is 10.1. The minimum atomic E-state index is -0.857. The van der Waals surface area contributed by atoms with Crippen molar-refractivity contribution in [2.75, 3.05) is 5.32 Å². The topological polar surface area (TPSA) is 79.8 Å². The molecule has 0 atom stereocenters. The van der Waals surface area contributed by atoms with Gasteiger partial charge in [-0.1, -0.05) is 41.9 Å². The molecule has 2 N–H and O–H groups in total. The van der Waals surface area contributed by atoms with E-state index in [0.29, 0.717) is 28.6 Å². The van der Waals surface area contributed by atoms with E-state index in [1.807, 2.05) is 56.3 Å². The molecule has 0 radical (unpaired) electrons. The summed E-state index contributed by atoms with van der Waals surface area (Å²) in [7, 11) is 0. The molecular weight excluding hydrogens is 414 g/mol. The largest absolute Gasteiger partial charge is 0.489 e. The zero-order chi connectivity index (χ0) is 22.2. The van der Waals surface area contributed by atoms with Gasteiger partial charge in [0.05, 0.1) is 6.21 Å². The number of nitrogens with one attached hydrogen (secondary N) is 2. The predicted molar refractivity (Wildman–Crippen MR) is 123 cm³/mol. The summed E-state index contributed by atoms with van der Waals surface area (Å²) in [5.74, 6) is -0.997. The van der Waals surface area contributed by atoms with Crippen molar-refractivity contribution in [2.45, 2.75) is 20.5 Å². The van der Waals surface area contributed by atoms with Crippen molar-refractivity contribution < 1.29 is 14.3 Å². The van der Waals surface area contributed by atoms with Gasteiger partial charge < -0.3 is 10.1 Å². The molecule has 31 heavy (non-hydrogen) atoms. The molecular formula is C24H22ClN3O3. The Bertz CT molecular complexity index is 1110. The summed E-state index contributed by atoms with van der Waals surface area (Å²) in [6.07, 6.45) is 1.44. The lowest BCUT2D eigenvalue weighted by Crippen LogP contribution is -2.32. The molecule has 6 nitrogen and oxygen atoms in total. The molecule has 0 unspecified atom stereocenters. The Labute approximate surface area is 185 Å². The van der Waals surface area contributed by atoms with Gasteiger partial charge in [0.2, 0.25) is 0 Å². The molecule has 0 aromatic heterocycles. The Balaban J connectivity index is 1.52. The highest BCUT2D eigenvalue weighted by molar-refractivity contribution is 6.39. The molecule has 0 heterocycles. The summed E-state index contributed by atoms with van der Waals surface area (Å²) in [5, 5.41) is 7.07. The van der Waals surface area contributed by atoms with E-state index in [4.69, 9.17) is 16.3 Å². The Morgan fingerprint density at radius 2 is 1.74 bits per heavy atom. The first kappa shape index (κ1) is 22.1. The first-order valence-corrected chi connectivity index (χ1v) is 9.97. The van der Waals surface area contributed by atoms with Crippen molar-refractivity contribution in [1.29, 1.82) is 0 Å². The Hall–Kier alpha value is -3.64. The maximum atomic E-state index is 12.0. The first-order valence-electron chi connectivity index (χ1n) is 9.59. The fourth-order valence-corrected chi connectivity index (χ4v) is 2.78. The van der Waals surface area contributed by atoms with Crippen LogP contribution in [0.2, 0.25) is 5.02 Å². The zero-order valence-corrected chi connectivity index (χ0v) is 17.9. The fraction of sp³-hybridized carbons (Fsp3) is 0.125. The van der Waals surface area contributed by atoms with Gasteiger partial charge in [-0.15, -0.1) is 0 Å². The van der Waals surface area contributed by atoms with Crippen LogP contribution in [0.3, 0.4) is 0 Å². The predicted octanol–water partition coefficient (Wildman–Crippen LogP) is 4.62. The SMILES string of the molecule is Cc1ccc(NC(=O)C(=O)N/N=C\c2cccc(OCc3ccc(Cl)cc3)c2)cc1C. The Morgan fingerprint density at radius 1 is 0.968 bits per heavy atom. The zero-order valence-electron chi connectivity index (χ0n) is 17.2. The van der Waals surface area contributed by atoms with Gasteiger partial charge in [-0.2, -0.15) is 5.10 Å². The number of halogens is 1. The number of hydrogen-bond donors (Lipinski definition) is 2. The molecule has 0 aliphatic carbocycles. The highest BCUT2D eigenvalue weighted by Gasteiger charge is 2.13. The molecule has 0 bridgehead atoms. The molecule has 0 saturated heterocycles. The van der Waals surface area contributed by atoms with Crippen LogP contribution in [0, 0.1) is 13.8 Å². The normalized spacial score (nSPS) is 10.7. The maximum absolute atomic E-state index is 12.0. The second-order valence-electron chi connectivity index (χ2n) is 6.94. The molecule has 7 heteroatoms. The minimum absolute atomic E-state index is 0.396. The molecule has 2 amide bonds. The lowest BCUT2D eigenvalue weighted by molar-refractivity contribution is -0.136. The van der Waals surface area contributed by atoms with Crippen LogP contribution in [0.1, 0.15) is 22.3 Å². The van der Waals surface area contributed by atoms with Crippen LogP contribution < -0.4 is 15.5 Å². The van der Waals surface area contributed by atoms with E-state index in [9.17, 15) is 9.59 Å². The third-order valence-corrected chi connectivity index (χ3v) is 4.78. The second-order valence-corrected chi connectivity index (χ2v) is 7.38. The quantitative estimate of drug-likeness (QED) is 0.336.